The van der Waals surface area contributed by atoms with E-state index in [1.165, 1.54) is 16.0 Å². The Labute approximate surface area is 255 Å². The molecule has 1 saturated heterocycles. The molecule has 3 amide bonds. The Morgan fingerprint density at radius 1 is 1.02 bits per heavy atom. The highest BCUT2D eigenvalue weighted by atomic mass is 16.8. The van der Waals surface area contributed by atoms with Crippen LogP contribution in [0.2, 0.25) is 0 Å². The van der Waals surface area contributed by atoms with Crippen LogP contribution in [0.3, 0.4) is 0 Å². The van der Waals surface area contributed by atoms with Crippen LogP contribution in [0.15, 0.2) is 36.4 Å². The first-order chi connectivity index (χ1) is 21.2. The van der Waals surface area contributed by atoms with E-state index in [9.17, 15) is 29.1 Å². The van der Waals surface area contributed by atoms with Crippen molar-refractivity contribution in [3.05, 3.63) is 42.1 Å². The molecule has 14 nitrogen and oxygen atoms in total. The average molecular weight is 611 g/mol. The molecular weight excluding hydrogens is 572 g/mol. The lowest BCUT2D eigenvalue weighted by Crippen LogP contribution is -2.55. The van der Waals surface area contributed by atoms with Crippen molar-refractivity contribution in [3.63, 3.8) is 0 Å². The van der Waals surface area contributed by atoms with E-state index in [0.717, 1.165) is 25.7 Å². The molecule has 44 heavy (non-hydrogen) atoms. The van der Waals surface area contributed by atoms with Gasteiger partial charge < -0.3 is 30.2 Å². The third-order valence-corrected chi connectivity index (χ3v) is 7.47. The largest absolute Gasteiger partial charge is 0.527 e. The van der Waals surface area contributed by atoms with Crippen LogP contribution in [-0.2, 0) is 24.0 Å². The highest BCUT2D eigenvalue weighted by Gasteiger charge is 2.31. The molecule has 4 rings (SSSR count). The van der Waals surface area contributed by atoms with Gasteiger partial charge in [0.2, 0.25) is 11.8 Å². The van der Waals surface area contributed by atoms with Crippen molar-refractivity contribution in [2.24, 2.45) is 5.92 Å². The number of rotatable bonds is 12. The number of carbonyl (C=O) groups excluding carboxylic acids is 4. The van der Waals surface area contributed by atoms with Crippen molar-refractivity contribution >= 4 is 35.7 Å². The number of hydrogen-bond donors (Lipinski definition) is 3. The minimum atomic E-state index is -1.16. The van der Waals surface area contributed by atoms with Gasteiger partial charge in [-0.05, 0) is 32.1 Å². The number of carboxylic acids is 1. The SMILES string of the molecule is CCOC(=O)ON1CCN(C(=O)[C@H](CCC(=O)O)NC(=O)c2cc(NC(=O)CC3CCCC3)nc(-c3ccccc3)n2)CC1. The van der Waals surface area contributed by atoms with Gasteiger partial charge in [-0.15, -0.1) is 5.06 Å². The van der Waals surface area contributed by atoms with Crippen LogP contribution >= 0.6 is 0 Å². The Bertz CT molecular complexity index is 1330. The predicted octanol–water partition coefficient (Wildman–Crippen LogP) is 2.86. The predicted molar refractivity (Wildman–Crippen MR) is 157 cm³/mol. The number of ether oxygens (including phenoxy) is 1. The van der Waals surface area contributed by atoms with E-state index in [-0.39, 0.29) is 68.9 Å². The Morgan fingerprint density at radius 3 is 2.39 bits per heavy atom. The molecule has 2 aromatic rings. The van der Waals surface area contributed by atoms with E-state index in [4.69, 9.17) is 9.57 Å². The van der Waals surface area contributed by atoms with Gasteiger partial charge >= 0.3 is 12.1 Å². The Hall–Kier alpha value is -4.59. The second-order valence-electron chi connectivity index (χ2n) is 10.7. The number of aliphatic carboxylic acids is 1. The fraction of sp³-hybridized carbons (Fsp3) is 0.500. The molecule has 0 unspecified atom stereocenters. The highest BCUT2D eigenvalue weighted by molar-refractivity contribution is 5.98. The zero-order valence-corrected chi connectivity index (χ0v) is 24.7. The van der Waals surface area contributed by atoms with Gasteiger partial charge in [-0.1, -0.05) is 43.2 Å². The molecule has 3 N–H and O–H groups in total. The number of nitrogens with one attached hydrogen (secondary N) is 2. The quantitative estimate of drug-likeness (QED) is 0.301. The van der Waals surface area contributed by atoms with Crippen LogP contribution in [-0.4, -0.2) is 93.7 Å². The van der Waals surface area contributed by atoms with Gasteiger partial charge in [0.15, 0.2) is 5.82 Å². The van der Waals surface area contributed by atoms with Crippen LogP contribution in [0.1, 0.15) is 62.4 Å². The first-order valence-corrected chi connectivity index (χ1v) is 14.9. The van der Waals surface area contributed by atoms with Crippen molar-refractivity contribution < 1.29 is 38.7 Å². The summed E-state index contributed by atoms with van der Waals surface area (Å²) in [5.41, 5.74) is 0.533. The topological polar surface area (TPSA) is 180 Å². The molecule has 0 bridgehead atoms. The average Bonchev–Trinajstić information content (AvgIpc) is 3.52. The number of anilines is 1. The maximum Gasteiger partial charge on any atom is 0.527 e. The van der Waals surface area contributed by atoms with Crippen molar-refractivity contribution in [1.82, 2.24) is 25.2 Å². The monoisotopic (exact) mass is 610 g/mol. The number of amides is 3. The van der Waals surface area contributed by atoms with Gasteiger partial charge in [0.05, 0.1) is 19.7 Å². The third kappa shape index (κ3) is 9.46. The maximum atomic E-state index is 13.5. The number of aromatic nitrogens is 2. The summed E-state index contributed by atoms with van der Waals surface area (Å²) in [5, 5.41) is 16.1. The molecule has 236 valence electrons. The van der Waals surface area contributed by atoms with E-state index in [0.29, 0.717) is 17.9 Å². The second kappa shape index (κ2) is 15.8. The number of hydroxylamine groups is 2. The molecule has 1 aliphatic heterocycles. The summed E-state index contributed by atoms with van der Waals surface area (Å²) in [6, 6.07) is 9.14. The molecule has 0 spiro atoms. The molecule has 0 radical (unpaired) electrons. The lowest BCUT2D eigenvalue weighted by Gasteiger charge is -2.35. The van der Waals surface area contributed by atoms with Crippen molar-refractivity contribution in [1.29, 1.82) is 0 Å². The van der Waals surface area contributed by atoms with E-state index in [1.807, 2.05) is 6.07 Å². The number of carboxylic acid groups (broad SMARTS) is 1. The van der Waals surface area contributed by atoms with E-state index in [2.05, 4.69) is 20.6 Å². The summed E-state index contributed by atoms with van der Waals surface area (Å²) in [7, 11) is 0. The smallest absolute Gasteiger partial charge is 0.481 e. The van der Waals surface area contributed by atoms with Crippen LogP contribution in [0.25, 0.3) is 11.4 Å². The van der Waals surface area contributed by atoms with Crippen molar-refractivity contribution in [2.45, 2.75) is 57.9 Å². The lowest BCUT2D eigenvalue weighted by molar-refractivity contribution is -0.157. The lowest BCUT2D eigenvalue weighted by atomic mass is 10.0. The summed E-state index contributed by atoms with van der Waals surface area (Å²) in [6.45, 7) is 2.60. The molecular formula is C30H38N6O8. The molecule has 1 saturated carbocycles. The molecule has 1 atom stereocenters. The molecule has 1 aliphatic carbocycles. The molecule has 2 fully saturated rings. The van der Waals surface area contributed by atoms with E-state index >= 15 is 0 Å². The maximum absolute atomic E-state index is 13.5. The standard InChI is InChI=1S/C30H38N6O8/c1-2-43-30(42)44-36-16-14-35(15-17-36)29(41)22(12-13-26(38)39)32-28(40)23-19-24(33-25(37)18-20-8-6-7-9-20)34-27(31-23)21-10-4-3-5-11-21/h3-5,10-11,19-20,22H,2,6-9,12-18H2,1H3,(H,32,40)(H,38,39)(H,31,33,34,37)/t22-/m0/s1. The number of hydrogen-bond acceptors (Lipinski definition) is 10. The molecule has 1 aromatic carbocycles. The Morgan fingerprint density at radius 2 is 1.73 bits per heavy atom. The summed E-state index contributed by atoms with van der Waals surface area (Å²) in [5.74, 6) is -1.85. The summed E-state index contributed by atoms with van der Waals surface area (Å²) in [6.07, 6.45) is 3.21. The molecule has 1 aromatic heterocycles. The van der Waals surface area contributed by atoms with E-state index in [1.54, 1.807) is 31.2 Å². The van der Waals surface area contributed by atoms with Crippen molar-refractivity contribution in [2.75, 3.05) is 38.1 Å². The van der Waals surface area contributed by atoms with Gasteiger partial charge in [0.1, 0.15) is 17.6 Å². The van der Waals surface area contributed by atoms with Gasteiger partial charge in [-0.2, -0.15) is 0 Å². The number of carbonyl (C=O) groups is 5. The molecule has 14 heteroatoms. The van der Waals surface area contributed by atoms with Crippen LogP contribution in [0, 0.1) is 5.92 Å². The second-order valence-corrected chi connectivity index (χ2v) is 10.7. The Balaban J connectivity index is 1.49. The normalized spacial score (nSPS) is 16.2. The molecule has 2 heterocycles. The zero-order valence-electron chi connectivity index (χ0n) is 24.7. The zero-order chi connectivity index (χ0) is 31.5. The molecule has 2 aliphatic rings. The van der Waals surface area contributed by atoms with Gasteiger partial charge in [0, 0.05) is 37.6 Å². The number of nitrogens with zero attached hydrogens (tertiary/aromatic N) is 4. The Kier molecular flexibility index (Phi) is 11.6. The summed E-state index contributed by atoms with van der Waals surface area (Å²) < 4.78 is 4.77. The summed E-state index contributed by atoms with van der Waals surface area (Å²) in [4.78, 5) is 78.2. The van der Waals surface area contributed by atoms with Gasteiger partial charge in [-0.3, -0.25) is 19.2 Å². The minimum absolute atomic E-state index is 0.0872. The van der Waals surface area contributed by atoms with E-state index < -0.39 is 30.0 Å². The van der Waals surface area contributed by atoms with Gasteiger partial charge in [0.25, 0.3) is 5.91 Å². The highest BCUT2D eigenvalue weighted by Crippen LogP contribution is 2.28. The number of benzene rings is 1. The van der Waals surface area contributed by atoms with Crippen LogP contribution in [0.4, 0.5) is 10.6 Å². The first-order valence-electron chi connectivity index (χ1n) is 14.9. The van der Waals surface area contributed by atoms with Gasteiger partial charge in [-0.25, -0.2) is 14.8 Å². The summed E-state index contributed by atoms with van der Waals surface area (Å²) >= 11 is 0. The first kappa shape index (κ1) is 32.3. The number of piperazine rings is 1. The fourth-order valence-corrected chi connectivity index (χ4v) is 5.24. The van der Waals surface area contributed by atoms with Crippen molar-refractivity contribution in [3.8, 4) is 11.4 Å². The minimum Gasteiger partial charge on any atom is -0.481 e. The van der Waals surface area contributed by atoms with Crippen LogP contribution in [0.5, 0.6) is 0 Å². The fourth-order valence-electron chi connectivity index (χ4n) is 5.24. The van der Waals surface area contributed by atoms with Crippen LogP contribution < -0.4 is 10.6 Å². The third-order valence-electron chi connectivity index (χ3n) is 7.47.